The van der Waals surface area contributed by atoms with E-state index in [9.17, 15) is 14.9 Å². The second-order valence-electron chi connectivity index (χ2n) is 6.66. The van der Waals surface area contributed by atoms with E-state index >= 15 is 0 Å². The first-order valence-electron chi connectivity index (χ1n) is 7.54. The first-order chi connectivity index (χ1) is 11.2. The number of benzene rings is 1. The third kappa shape index (κ3) is 4.18. The van der Waals surface area contributed by atoms with Crippen LogP contribution >= 0.6 is 11.3 Å². The van der Waals surface area contributed by atoms with E-state index in [4.69, 9.17) is 5.73 Å². The highest BCUT2D eigenvalue weighted by molar-refractivity contribution is 7.10. The zero-order valence-corrected chi connectivity index (χ0v) is 14.7. The number of nitrogens with one attached hydrogen (secondary N) is 1. The van der Waals surface area contributed by atoms with Crippen molar-refractivity contribution in [2.24, 2.45) is 11.1 Å². The fourth-order valence-electron chi connectivity index (χ4n) is 2.54. The van der Waals surface area contributed by atoms with E-state index in [1.807, 2.05) is 11.4 Å². The molecule has 1 amide bonds. The number of nitro groups is 1. The Morgan fingerprint density at radius 2 is 2.08 bits per heavy atom. The molecule has 0 spiro atoms. The summed E-state index contributed by atoms with van der Waals surface area (Å²) in [6, 6.07) is 8.44. The minimum Gasteiger partial charge on any atom is -0.366 e. The van der Waals surface area contributed by atoms with Gasteiger partial charge < -0.3 is 11.1 Å². The van der Waals surface area contributed by atoms with Gasteiger partial charge >= 0.3 is 0 Å². The van der Waals surface area contributed by atoms with E-state index in [2.05, 4.69) is 32.2 Å². The predicted octanol–water partition coefficient (Wildman–Crippen LogP) is 3.63. The number of hydrogen-bond acceptors (Lipinski definition) is 5. The van der Waals surface area contributed by atoms with Crippen LogP contribution in [0, 0.1) is 15.5 Å². The van der Waals surface area contributed by atoms with Gasteiger partial charge in [0, 0.05) is 34.7 Å². The molecule has 1 heterocycles. The largest absolute Gasteiger partial charge is 0.366 e. The molecule has 1 aromatic carbocycles. The van der Waals surface area contributed by atoms with Crippen LogP contribution in [0.3, 0.4) is 0 Å². The van der Waals surface area contributed by atoms with Crippen molar-refractivity contribution < 1.29 is 9.72 Å². The van der Waals surface area contributed by atoms with E-state index in [0.29, 0.717) is 12.1 Å². The Bertz CT molecular complexity index is 736. The molecule has 0 unspecified atom stereocenters. The Morgan fingerprint density at radius 3 is 2.58 bits per heavy atom. The number of nitrogens with zero attached hydrogens (tertiary/aromatic N) is 1. The van der Waals surface area contributed by atoms with Crippen LogP contribution in [-0.4, -0.2) is 10.8 Å². The zero-order chi connectivity index (χ0) is 17.9. The van der Waals surface area contributed by atoms with E-state index in [1.54, 1.807) is 17.4 Å². The van der Waals surface area contributed by atoms with Gasteiger partial charge in [0.25, 0.3) is 5.69 Å². The summed E-state index contributed by atoms with van der Waals surface area (Å²) in [7, 11) is 0. The molecule has 0 aliphatic heterocycles. The lowest BCUT2D eigenvalue weighted by atomic mass is 9.85. The maximum atomic E-state index is 11.3. The molecule has 1 aromatic heterocycles. The Labute approximate surface area is 144 Å². The van der Waals surface area contributed by atoms with Gasteiger partial charge in [-0.05, 0) is 22.9 Å². The number of nitro benzene ring substituents is 1. The molecule has 7 heteroatoms. The van der Waals surface area contributed by atoms with Crippen LogP contribution in [0.5, 0.6) is 0 Å². The molecule has 0 saturated heterocycles. The third-order valence-electron chi connectivity index (χ3n) is 3.76. The maximum absolute atomic E-state index is 11.3. The average molecular weight is 347 g/mol. The lowest BCUT2D eigenvalue weighted by Gasteiger charge is -2.31. The topological polar surface area (TPSA) is 98.3 Å². The molecule has 0 fully saturated rings. The highest BCUT2D eigenvalue weighted by atomic mass is 32.1. The summed E-state index contributed by atoms with van der Waals surface area (Å²) in [6.07, 6.45) is 0. The molecule has 128 valence electrons. The van der Waals surface area contributed by atoms with E-state index in [1.165, 1.54) is 17.0 Å². The molecule has 0 aliphatic carbocycles. The summed E-state index contributed by atoms with van der Waals surface area (Å²) in [5.41, 5.74) is 5.71. The van der Waals surface area contributed by atoms with Gasteiger partial charge in [-0.2, -0.15) is 0 Å². The van der Waals surface area contributed by atoms with Crippen LogP contribution in [0.4, 0.5) is 5.69 Å². The quantitative estimate of drug-likeness (QED) is 0.616. The molecule has 3 N–H and O–H groups in total. The summed E-state index contributed by atoms with van der Waals surface area (Å²) in [5, 5.41) is 16.7. The number of amides is 1. The fourth-order valence-corrected chi connectivity index (χ4v) is 3.58. The average Bonchev–Trinajstić information content (AvgIpc) is 2.99. The van der Waals surface area contributed by atoms with Gasteiger partial charge in [0.05, 0.1) is 4.92 Å². The SMILES string of the molecule is CC(C)(C)[C@@H](NCc1ccc(C(N)=O)cc1[N+](=O)[O-])c1cccs1. The molecule has 0 radical (unpaired) electrons. The van der Waals surface area contributed by atoms with Crippen molar-refractivity contribution in [3.8, 4) is 0 Å². The molecule has 6 nitrogen and oxygen atoms in total. The first kappa shape index (κ1) is 18.1. The summed E-state index contributed by atoms with van der Waals surface area (Å²) < 4.78 is 0. The van der Waals surface area contributed by atoms with Crippen LogP contribution in [0.25, 0.3) is 0 Å². The van der Waals surface area contributed by atoms with Gasteiger partial charge in [-0.15, -0.1) is 11.3 Å². The summed E-state index contributed by atoms with van der Waals surface area (Å²) >= 11 is 1.65. The second-order valence-corrected chi connectivity index (χ2v) is 7.64. The Kier molecular flexibility index (Phi) is 5.36. The number of hydrogen-bond donors (Lipinski definition) is 2. The molecule has 0 bridgehead atoms. The summed E-state index contributed by atoms with van der Waals surface area (Å²) in [5.74, 6) is -0.677. The monoisotopic (exact) mass is 347 g/mol. The molecule has 2 aromatic rings. The van der Waals surface area contributed by atoms with E-state index < -0.39 is 10.8 Å². The van der Waals surface area contributed by atoms with Crippen LogP contribution in [0.15, 0.2) is 35.7 Å². The highest BCUT2D eigenvalue weighted by Crippen LogP contribution is 2.35. The lowest BCUT2D eigenvalue weighted by Crippen LogP contribution is -2.31. The molecule has 0 aliphatic rings. The smallest absolute Gasteiger partial charge is 0.274 e. The standard InChI is InChI=1S/C17H21N3O3S/c1-17(2,3)15(14-5-4-8-24-14)19-10-12-7-6-11(16(18)21)9-13(12)20(22)23/h4-9,15,19H,10H2,1-3H3,(H2,18,21)/t15-/m0/s1. The number of nitrogens with two attached hydrogens (primary N) is 1. The normalized spacial score (nSPS) is 12.8. The van der Waals surface area contributed by atoms with Crippen molar-refractivity contribution in [3.05, 3.63) is 61.8 Å². The highest BCUT2D eigenvalue weighted by Gasteiger charge is 2.27. The Morgan fingerprint density at radius 1 is 1.38 bits per heavy atom. The molecule has 1 atom stereocenters. The van der Waals surface area contributed by atoms with Gasteiger partial charge in [-0.1, -0.05) is 32.9 Å². The van der Waals surface area contributed by atoms with Gasteiger partial charge in [-0.3, -0.25) is 14.9 Å². The molecule has 24 heavy (non-hydrogen) atoms. The zero-order valence-electron chi connectivity index (χ0n) is 13.9. The van der Waals surface area contributed by atoms with E-state index in [-0.39, 0.29) is 22.7 Å². The number of carbonyl (C=O) groups excluding carboxylic acids is 1. The second kappa shape index (κ2) is 7.11. The lowest BCUT2D eigenvalue weighted by molar-refractivity contribution is -0.385. The molecule has 0 saturated carbocycles. The van der Waals surface area contributed by atoms with Crippen molar-refractivity contribution in [2.75, 3.05) is 0 Å². The number of primary amides is 1. The van der Waals surface area contributed by atoms with E-state index in [0.717, 1.165) is 0 Å². The van der Waals surface area contributed by atoms with Gasteiger partial charge in [0.2, 0.25) is 5.91 Å². The minimum atomic E-state index is -0.677. The minimum absolute atomic E-state index is 0.0488. The molecular formula is C17H21N3O3S. The van der Waals surface area contributed by atoms with Crippen LogP contribution in [-0.2, 0) is 6.54 Å². The summed E-state index contributed by atoms with van der Waals surface area (Å²) in [4.78, 5) is 23.2. The number of thiophene rings is 1. The number of carbonyl (C=O) groups is 1. The molecule has 2 rings (SSSR count). The van der Waals surface area contributed by atoms with Crippen molar-refractivity contribution in [2.45, 2.75) is 33.4 Å². The van der Waals surface area contributed by atoms with Crippen LogP contribution in [0.2, 0.25) is 0 Å². The maximum Gasteiger partial charge on any atom is 0.274 e. The Hall–Kier alpha value is -2.25. The first-order valence-corrected chi connectivity index (χ1v) is 8.42. The van der Waals surface area contributed by atoms with Gasteiger partial charge in [0.15, 0.2) is 0 Å². The van der Waals surface area contributed by atoms with Crippen molar-refractivity contribution in [1.29, 1.82) is 0 Å². The third-order valence-corrected chi connectivity index (χ3v) is 4.69. The van der Waals surface area contributed by atoms with Gasteiger partial charge in [0.1, 0.15) is 0 Å². The van der Waals surface area contributed by atoms with Crippen molar-refractivity contribution in [1.82, 2.24) is 5.32 Å². The summed E-state index contributed by atoms with van der Waals surface area (Å²) in [6.45, 7) is 6.69. The van der Waals surface area contributed by atoms with Crippen LogP contribution < -0.4 is 11.1 Å². The van der Waals surface area contributed by atoms with Gasteiger partial charge in [-0.25, -0.2) is 0 Å². The molecular weight excluding hydrogens is 326 g/mol. The Balaban J connectivity index is 2.27. The van der Waals surface area contributed by atoms with Crippen molar-refractivity contribution >= 4 is 22.9 Å². The van der Waals surface area contributed by atoms with Crippen molar-refractivity contribution in [3.63, 3.8) is 0 Å². The predicted molar refractivity (Wildman–Crippen MR) is 95.0 cm³/mol. The fraction of sp³-hybridized carbons (Fsp3) is 0.353. The number of rotatable bonds is 6. The van der Waals surface area contributed by atoms with Crippen LogP contribution in [0.1, 0.15) is 47.6 Å².